The lowest BCUT2D eigenvalue weighted by molar-refractivity contribution is -0.137. The Hall–Kier alpha value is -4.21. The smallest absolute Gasteiger partial charge is 0.416 e. The molecule has 0 aliphatic carbocycles. The number of hydrogen-bond donors (Lipinski definition) is 1. The highest BCUT2D eigenvalue weighted by Crippen LogP contribution is 2.33. The van der Waals surface area contributed by atoms with E-state index in [0.29, 0.717) is 0 Å². The molecule has 1 aromatic carbocycles. The standard InChI is InChI=1S/C21H12F3N3O4/c22-21(23,24)13-3-1-2-12(10-13)17-5-4-15(31-17)11-16-18(28)26-20(30)27(19(16)29)14-6-8-25-9-7-14/h1-11H,(H,26,28,30)/b16-11+. The summed E-state index contributed by atoms with van der Waals surface area (Å²) in [6, 6.07) is 9.29. The fraction of sp³-hybridized carbons (Fsp3) is 0.0476. The molecule has 1 aliphatic rings. The third kappa shape index (κ3) is 3.95. The summed E-state index contributed by atoms with van der Waals surface area (Å²) in [5.74, 6) is -1.63. The zero-order chi connectivity index (χ0) is 22.2. The van der Waals surface area contributed by atoms with Gasteiger partial charge in [-0.25, -0.2) is 9.69 Å². The third-order valence-corrected chi connectivity index (χ3v) is 4.41. The van der Waals surface area contributed by atoms with Gasteiger partial charge in [-0.1, -0.05) is 12.1 Å². The molecule has 0 unspecified atom stereocenters. The van der Waals surface area contributed by atoms with Crippen molar-refractivity contribution in [3.63, 3.8) is 0 Å². The van der Waals surface area contributed by atoms with Crippen LogP contribution < -0.4 is 10.2 Å². The number of alkyl halides is 3. The van der Waals surface area contributed by atoms with Crippen LogP contribution in [0, 0.1) is 0 Å². The Bertz CT molecular complexity index is 1220. The summed E-state index contributed by atoms with van der Waals surface area (Å²) in [7, 11) is 0. The van der Waals surface area contributed by atoms with Crippen LogP contribution in [0.15, 0.2) is 70.9 Å². The number of carbonyl (C=O) groups is 3. The van der Waals surface area contributed by atoms with Crippen LogP contribution in [-0.2, 0) is 15.8 Å². The van der Waals surface area contributed by atoms with Gasteiger partial charge in [-0.15, -0.1) is 0 Å². The molecule has 1 aliphatic heterocycles. The highest BCUT2D eigenvalue weighted by atomic mass is 19.4. The molecule has 156 valence electrons. The van der Waals surface area contributed by atoms with Crippen LogP contribution in [0.5, 0.6) is 0 Å². The van der Waals surface area contributed by atoms with E-state index < -0.39 is 29.6 Å². The number of nitrogens with one attached hydrogen (secondary N) is 1. The monoisotopic (exact) mass is 427 g/mol. The van der Waals surface area contributed by atoms with Crippen molar-refractivity contribution in [1.29, 1.82) is 0 Å². The van der Waals surface area contributed by atoms with Crippen molar-refractivity contribution in [1.82, 2.24) is 10.3 Å². The number of nitrogens with zero attached hydrogens (tertiary/aromatic N) is 2. The van der Waals surface area contributed by atoms with Gasteiger partial charge in [-0.2, -0.15) is 13.2 Å². The van der Waals surface area contributed by atoms with Crippen LogP contribution in [0.2, 0.25) is 0 Å². The van der Waals surface area contributed by atoms with Crippen molar-refractivity contribution in [2.75, 3.05) is 4.90 Å². The van der Waals surface area contributed by atoms with Crippen molar-refractivity contribution in [2.24, 2.45) is 0 Å². The predicted molar refractivity (Wildman–Crippen MR) is 102 cm³/mol. The lowest BCUT2D eigenvalue weighted by atomic mass is 10.1. The molecule has 3 aromatic rings. The van der Waals surface area contributed by atoms with Crippen LogP contribution in [0.25, 0.3) is 17.4 Å². The average molecular weight is 427 g/mol. The highest BCUT2D eigenvalue weighted by Gasteiger charge is 2.37. The summed E-state index contributed by atoms with van der Waals surface area (Å²) in [6.07, 6.45) is -0.633. The van der Waals surface area contributed by atoms with Gasteiger partial charge in [0.15, 0.2) is 0 Å². The van der Waals surface area contributed by atoms with Crippen LogP contribution in [0.3, 0.4) is 0 Å². The number of carbonyl (C=O) groups excluding carboxylic acids is 3. The molecule has 2 aromatic heterocycles. The molecule has 4 rings (SSSR count). The number of urea groups is 1. The second kappa shape index (κ2) is 7.56. The number of anilines is 1. The van der Waals surface area contributed by atoms with E-state index in [4.69, 9.17) is 4.42 Å². The van der Waals surface area contributed by atoms with E-state index in [9.17, 15) is 27.6 Å². The molecule has 31 heavy (non-hydrogen) atoms. The molecule has 1 fully saturated rings. The number of pyridine rings is 1. The largest absolute Gasteiger partial charge is 0.457 e. The van der Waals surface area contributed by atoms with E-state index >= 15 is 0 Å². The number of benzene rings is 1. The molecule has 0 saturated carbocycles. The number of barbiturate groups is 1. The molecule has 1 saturated heterocycles. The predicted octanol–water partition coefficient (Wildman–Crippen LogP) is 4.03. The normalized spacial score (nSPS) is 16.0. The SMILES string of the molecule is O=C1NC(=O)N(c2ccncc2)C(=O)/C1=C/c1ccc(-c2cccc(C(F)(F)F)c2)o1. The summed E-state index contributed by atoms with van der Waals surface area (Å²) < 4.78 is 44.3. The van der Waals surface area contributed by atoms with E-state index in [1.807, 2.05) is 0 Å². The van der Waals surface area contributed by atoms with Crippen molar-refractivity contribution in [3.05, 3.63) is 77.8 Å². The van der Waals surface area contributed by atoms with E-state index in [0.717, 1.165) is 23.1 Å². The number of imide groups is 2. The highest BCUT2D eigenvalue weighted by molar-refractivity contribution is 6.39. The summed E-state index contributed by atoms with van der Waals surface area (Å²) in [4.78, 5) is 41.7. The number of rotatable bonds is 3. The first kappa shape index (κ1) is 20.1. The van der Waals surface area contributed by atoms with Crippen molar-refractivity contribution in [3.8, 4) is 11.3 Å². The number of amides is 4. The van der Waals surface area contributed by atoms with Crippen LogP contribution in [-0.4, -0.2) is 22.8 Å². The minimum absolute atomic E-state index is 0.0509. The van der Waals surface area contributed by atoms with E-state index in [1.165, 1.54) is 48.8 Å². The Morgan fingerprint density at radius 2 is 1.74 bits per heavy atom. The minimum Gasteiger partial charge on any atom is -0.457 e. The molecule has 0 radical (unpaired) electrons. The first-order valence-corrected chi connectivity index (χ1v) is 8.83. The zero-order valence-electron chi connectivity index (χ0n) is 15.5. The Kier molecular flexibility index (Phi) is 4.90. The molecule has 1 N–H and O–H groups in total. The van der Waals surface area contributed by atoms with E-state index in [1.54, 1.807) is 0 Å². The van der Waals surface area contributed by atoms with Crippen LogP contribution in [0.1, 0.15) is 11.3 Å². The molecule has 4 amide bonds. The van der Waals surface area contributed by atoms with Crippen molar-refractivity contribution in [2.45, 2.75) is 6.18 Å². The molecule has 0 spiro atoms. The molecular formula is C21H12F3N3O4. The third-order valence-electron chi connectivity index (χ3n) is 4.41. The molecule has 10 heteroatoms. The fourth-order valence-electron chi connectivity index (χ4n) is 2.96. The van der Waals surface area contributed by atoms with Gasteiger partial charge in [0.25, 0.3) is 11.8 Å². The molecule has 3 heterocycles. The summed E-state index contributed by atoms with van der Waals surface area (Å²) in [6.45, 7) is 0. The maximum atomic E-state index is 12.9. The van der Waals surface area contributed by atoms with Crippen molar-refractivity contribution < 1.29 is 32.0 Å². The van der Waals surface area contributed by atoms with Gasteiger partial charge >= 0.3 is 12.2 Å². The van der Waals surface area contributed by atoms with Gasteiger partial charge in [-0.3, -0.25) is 19.9 Å². The van der Waals surface area contributed by atoms with Gasteiger partial charge in [0.2, 0.25) is 0 Å². The number of aromatic nitrogens is 1. The zero-order valence-corrected chi connectivity index (χ0v) is 15.5. The maximum Gasteiger partial charge on any atom is 0.416 e. The summed E-state index contributed by atoms with van der Waals surface area (Å²) in [5.41, 5.74) is -0.830. The second-order valence-electron chi connectivity index (χ2n) is 6.44. The maximum absolute atomic E-state index is 12.9. The Morgan fingerprint density at radius 1 is 1.00 bits per heavy atom. The Balaban J connectivity index is 1.66. The number of halogens is 3. The van der Waals surface area contributed by atoms with E-state index in [2.05, 4.69) is 10.3 Å². The van der Waals surface area contributed by atoms with Crippen molar-refractivity contribution >= 4 is 29.6 Å². The van der Waals surface area contributed by atoms with Crippen LogP contribution in [0.4, 0.5) is 23.7 Å². The topological polar surface area (TPSA) is 92.5 Å². The van der Waals surface area contributed by atoms with Gasteiger partial charge in [-0.05, 0) is 42.5 Å². The van der Waals surface area contributed by atoms with Crippen LogP contribution >= 0.6 is 0 Å². The second-order valence-corrected chi connectivity index (χ2v) is 6.44. The first-order valence-electron chi connectivity index (χ1n) is 8.83. The summed E-state index contributed by atoms with van der Waals surface area (Å²) >= 11 is 0. The number of hydrogen-bond acceptors (Lipinski definition) is 5. The van der Waals surface area contributed by atoms with Gasteiger partial charge in [0, 0.05) is 18.0 Å². The molecule has 0 bridgehead atoms. The lowest BCUT2D eigenvalue weighted by Gasteiger charge is -2.25. The Labute approximate surface area is 172 Å². The van der Waals surface area contributed by atoms with E-state index in [-0.39, 0.29) is 28.3 Å². The first-order chi connectivity index (χ1) is 14.7. The van der Waals surface area contributed by atoms with Gasteiger partial charge in [0.1, 0.15) is 17.1 Å². The molecular weight excluding hydrogens is 415 g/mol. The fourth-order valence-corrected chi connectivity index (χ4v) is 2.96. The molecule has 0 atom stereocenters. The molecule has 7 nitrogen and oxygen atoms in total. The van der Waals surface area contributed by atoms with Gasteiger partial charge in [0.05, 0.1) is 11.3 Å². The number of furan rings is 1. The average Bonchev–Trinajstić information content (AvgIpc) is 3.20. The lowest BCUT2D eigenvalue weighted by Crippen LogP contribution is -2.54. The quantitative estimate of drug-likeness (QED) is 0.503. The minimum atomic E-state index is -4.51. The Morgan fingerprint density at radius 3 is 2.45 bits per heavy atom. The van der Waals surface area contributed by atoms with Gasteiger partial charge < -0.3 is 4.42 Å². The summed E-state index contributed by atoms with van der Waals surface area (Å²) in [5, 5.41) is 2.06.